The maximum absolute atomic E-state index is 9.38. The molecule has 0 aromatic heterocycles. The average Bonchev–Trinajstić information content (AvgIpc) is 2.31. The summed E-state index contributed by atoms with van der Waals surface area (Å²) < 4.78 is 5.08. The van der Waals surface area contributed by atoms with E-state index in [2.05, 4.69) is 19.2 Å². The van der Waals surface area contributed by atoms with Crippen LogP contribution in [0.2, 0.25) is 0 Å². The van der Waals surface area contributed by atoms with Crippen LogP contribution >= 0.6 is 0 Å². The van der Waals surface area contributed by atoms with Gasteiger partial charge in [0.05, 0.1) is 0 Å². The quantitative estimate of drug-likeness (QED) is 0.652. The summed E-state index contributed by atoms with van der Waals surface area (Å²) in [5, 5.41) is 21.9. The van der Waals surface area contributed by atoms with E-state index in [1.165, 1.54) is 6.07 Å². The summed E-state index contributed by atoms with van der Waals surface area (Å²) in [6.45, 7) is 6.68. The van der Waals surface area contributed by atoms with Gasteiger partial charge in [0, 0.05) is 26.8 Å². The Labute approximate surface area is 109 Å². The molecule has 0 aliphatic carbocycles. The van der Waals surface area contributed by atoms with E-state index in [-0.39, 0.29) is 16.9 Å². The smallest absolute Gasteiger partial charge is 0.157 e. The number of ether oxygens (including phenoxy) is 1. The number of benzene rings is 1. The Morgan fingerprint density at radius 1 is 1.22 bits per heavy atom. The molecule has 0 heterocycles. The Morgan fingerprint density at radius 2 is 1.94 bits per heavy atom. The maximum atomic E-state index is 9.38. The van der Waals surface area contributed by atoms with Gasteiger partial charge in [-0.15, -0.1) is 0 Å². The minimum atomic E-state index is -0.0841. The van der Waals surface area contributed by atoms with Crippen molar-refractivity contribution >= 4 is 0 Å². The zero-order valence-corrected chi connectivity index (χ0v) is 11.4. The molecular formula is C14H23NO3. The molecule has 0 bridgehead atoms. The van der Waals surface area contributed by atoms with Crippen molar-refractivity contribution in [3.63, 3.8) is 0 Å². The van der Waals surface area contributed by atoms with E-state index in [9.17, 15) is 10.2 Å². The van der Waals surface area contributed by atoms with Crippen LogP contribution in [-0.2, 0) is 11.3 Å². The predicted molar refractivity (Wildman–Crippen MR) is 71.8 cm³/mol. The Hall–Kier alpha value is -1.26. The molecule has 1 aromatic carbocycles. The molecule has 0 aliphatic heterocycles. The first-order valence-electron chi connectivity index (χ1n) is 6.15. The van der Waals surface area contributed by atoms with Crippen LogP contribution in [-0.4, -0.2) is 30.5 Å². The van der Waals surface area contributed by atoms with E-state index in [1.807, 2.05) is 0 Å². The van der Waals surface area contributed by atoms with Crippen molar-refractivity contribution in [1.82, 2.24) is 5.32 Å². The second-order valence-corrected chi connectivity index (χ2v) is 5.33. The third-order valence-corrected chi connectivity index (χ3v) is 2.96. The lowest BCUT2D eigenvalue weighted by Crippen LogP contribution is -2.30. The van der Waals surface area contributed by atoms with Crippen molar-refractivity contribution in [2.24, 2.45) is 5.41 Å². The summed E-state index contributed by atoms with van der Waals surface area (Å²) in [7, 11) is 1.71. The van der Waals surface area contributed by atoms with E-state index in [4.69, 9.17) is 4.74 Å². The van der Waals surface area contributed by atoms with Crippen LogP contribution in [0.3, 0.4) is 0 Å². The first kappa shape index (κ1) is 14.8. The number of aromatic hydroxyl groups is 2. The molecule has 4 heteroatoms. The maximum Gasteiger partial charge on any atom is 0.157 e. The highest BCUT2D eigenvalue weighted by Crippen LogP contribution is 2.25. The lowest BCUT2D eigenvalue weighted by Gasteiger charge is -2.24. The van der Waals surface area contributed by atoms with Gasteiger partial charge in [-0.25, -0.2) is 0 Å². The van der Waals surface area contributed by atoms with Crippen LogP contribution in [0.15, 0.2) is 18.2 Å². The van der Waals surface area contributed by atoms with Gasteiger partial charge in [0.2, 0.25) is 0 Å². The van der Waals surface area contributed by atoms with Crippen molar-refractivity contribution in [1.29, 1.82) is 0 Å². The Balaban J connectivity index is 2.39. The zero-order valence-electron chi connectivity index (χ0n) is 11.4. The van der Waals surface area contributed by atoms with Crippen molar-refractivity contribution in [3.8, 4) is 11.5 Å². The molecule has 0 fully saturated rings. The average molecular weight is 253 g/mol. The second-order valence-electron chi connectivity index (χ2n) is 5.33. The second kappa shape index (κ2) is 6.61. The van der Waals surface area contributed by atoms with Crippen LogP contribution in [0, 0.1) is 5.41 Å². The molecule has 4 nitrogen and oxygen atoms in total. The van der Waals surface area contributed by atoms with Gasteiger partial charge in [-0.05, 0) is 29.5 Å². The van der Waals surface area contributed by atoms with Gasteiger partial charge in [-0.2, -0.15) is 0 Å². The molecule has 0 aliphatic rings. The molecule has 3 N–H and O–H groups in total. The van der Waals surface area contributed by atoms with Gasteiger partial charge in [0.1, 0.15) is 0 Å². The highest BCUT2D eigenvalue weighted by Gasteiger charge is 2.16. The van der Waals surface area contributed by atoms with Gasteiger partial charge < -0.3 is 20.3 Å². The highest BCUT2D eigenvalue weighted by atomic mass is 16.5. The van der Waals surface area contributed by atoms with Gasteiger partial charge >= 0.3 is 0 Å². The lowest BCUT2D eigenvalue weighted by atomic mass is 9.89. The fourth-order valence-corrected chi connectivity index (χ4v) is 1.69. The fraction of sp³-hybridized carbons (Fsp3) is 0.571. The number of hydrogen-bond donors (Lipinski definition) is 3. The van der Waals surface area contributed by atoms with Gasteiger partial charge in [-0.3, -0.25) is 0 Å². The number of hydrogen-bond acceptors (Lipinski definition) is 4. The van der Waals surface area contributed by atoms with Gasteiger partial charge in [-0.1, -0.05) is 19.9 Å². The predicted octanol–water partition coefficient (Wildman–Crippen LogP) is 2.25. The summed E-state index contributed by atoms with van der Waals surface area (Å²) in [4.78, 5) is 0. The van der Waals surface area contributed by atoms with Crippen LogP contribution < -0.4 is 5.32 Å². The summed E-state index contributed by atoms with van der Waals surface area (Å²) in [6, 6.07) is 4.87. The largest absolute Gasteiger partial charge is 0.504 e. The monoisotopic (exact) mass is 253 g/mol. The lowest BCUT2D eigenvalue weighted by molar-refractivity contribution is 0.150. The molecule has 0 spiro atoms. The Kier molecular flexibility index (Phi) is 5.44. The first-order valence-corrected chi connectivity index (χ1v) is 6.15. The molecule has 0 radical (unpaired) electrons. The molecule has 0 unspecified atom stereocenters. The van der Waals surface area contributed by atoms with Crippen molar-refractivity contribution < 1.29 is 14.9 Å². The van der Waals surface area contributed by atoms with E-state index < -0.39 is 0 Å². The van der Waals surface area contributed by atoms with E-state index in [1.54, 1.807) is 19.2 Å². The van der Waals surface area contributed by atoms with Crippen LogP contribution in [0.1, 0.15) is 25.8 Å². The topological polar surface area (TPSA) is 61.7 Å². The summed E-state index contributed by atoms with van der Waals surface area (Å²) in [5.41, 5.74) is 1.13. The minimum absolute atomic E-state index is 0.0760. The summed E-state index contributed by atoms with van der Waals surface area (Å²) in [5.74, 6) is -0.160. The van der Waals surface area contributed by atoms with Crippen LogP contribution in [0.5, 0.6) is 11.5 Å². The molecule has 0 saturated heterocycles. The molecule has 18 heavy (non-hydrogen) atoms. The van der Waals surface area contributed by atoms with Crippen LogP contribution in [0.25, 0.3) is 0 Å². The number of nitrogens with one attached hydrogen (secondary N) is 1. The molecule has 1 rings (SSSR count). The normalized spacial score (nSPS) is 11.7. The Morgan fingerprint density at radius 3 is 2.56 bits per heavy atom. The van der Waals surface area contributed by atoms with Crippen molar-refractivity contribution in [2.45, 2.75) is 26.8 Å². The molecular weight excluding hydrogens is 230 g/mol. The molecule has 0 saturated carbocycles. The minimum Gasteiger partial charge on any atom is -0.504 e. The molecule has 1 aromatic rings. The third-order valence-electron chi connectivity index (χ3n) is 2.96. The zero-order chi connectivity index (χ0) is 13.6. The van der Waals surface area contributed by atoms with Gasteiger partial charge in [0.15, 0.2) is 11.5 Å². The number of phenolic OH excluding ortho intramolecular Hbond substituents is 2. The van der Waals surface area contributed by atoms with E-state index >= 15 is 0 Å². The summed E-state index contributed by atoms with van der Waals surface area (Å²) in [6.07, 6.45) is 0.997. The number of methoxy groups -OCH3 is 1. The fourth-order valence-electron chi connectivity index (χ4n) is 1.69. The molecule has 0 atom stereocenters. The first-order chi connectivity index (χ1) is 8.44. The number of rotatable bonds is 7. The number of phenols is 2. The van der Waals surface area contributed by atoms with Crippen LogP contribution in [0.4, 0.5) is 0 Å². The Bertz CT molecular complexity index is 377. The molecule has 0 amide bonds. The standard InChI is InChI=1S/C14H23NO3/c1-14(2,6-7-18-3)10-15-9-11-4-5-12(16)13(17)8-11/h4-5,8,15-17H,6-7,9-10H2,1-3H3. The summed E-state index contributed by atoms with van der Waals surface area (Å²) >= 11 is 0. The third kappa shape index (κ3) is 4.94. The van der Waals surface area contributed by atoms with E-state index in [0.29, 0.717) is 6.54 Å². The van der Waals surface area contributed by atoms with Crippen molar-refractivity contribution in [3.05, 3.63) is 23.8 Å². The molecule has 102 valence electrons. The van der Waals surface area contributed by atoms with Crippen molar-refractivity contribution in [2.75, 3.05) is 20.3 Å². The van der Waals surface area contributed by atoms with Gasteiger partial charge in [0.25, 0.3) is 0 Å². The highest BCUT2D eigenvalue weighted by molar-refractivity contribution is 5.40. The van der Waals surface area contributed by atoms with E-state index in [0.717, 1.165) is 25.1 Å². The SMILES string of the molecule is COCCC(C)(C)CNCc1ccc(O)c(O)c1.